The Labute approximate surface area is 112 Å². The summed E-state index contributed by atoms with van der Waals surface area (Å²) in [4.78, 5) is 12.5. The molecule has 4 heteroatoms. The maximum atomic E-state index is 10.9. The Morgan fingerprint density at radius 3 is 2.78 bits per heavy atom. The fraction of sp³-hybridized carbons (Fsp3) is 0.643. The lowest BCUT2D eigenvalue weighted by atomic mass is 9.99. The van der Waals surface area contributed by atoms with Gasteiger partial charge in [-0.2, -0.15) is 0 Å². The molecule has 18 heavy (non-hydrogen) atoms. The molecule has 0 amide bonds. The zero-order valence-corrected chi connectivity index (χ0v) is 11.8. The highest BCUT2D eigenvalue weighted by molar-refractivity contribution is 7.14. The van der Waals surface area contributed by atoms with Crippen LogP contribution in [0.2, 0.25) is 0 Å². The molecule has 1 aromatic heterocycles. The molecule has 0 saturated heterocycles. The molecule has 0 bridgehead atoms. The summed E-state index contributed by atoms with van der Waals surface area (Å²) in [6, 6.07) is 2.33. The molecule has 2 rings (SSSR count). The van der Waals surface area contributed by atoms with E-state index in [0.717, 1.165) is 22.9 Å². The summed E-state index contributed by atoms with van der Waals surface area (Å²) in [6.07, 6.45) is 5.38. The molecule has 1 aliphatic rings. The van der Waals surface area contributed by atoms with Crippen molar-refractivity contribution >= 4 is 17.3 Å². The molecule has 1 aromatic rings. The first kappa shape index (κ1) is 13.6. The van der Waals surface area contributed by atoms with E-state index in [9.17, 15) is 4.79 Å². The Morgan fingerprint density at radius 2 is 2.22 bits per heavy atom. The van der Waals surface area contributed by atoms with E-state index < -0.39 is 5.97 Å². The number of nitrogens with one attached hydrogen (secondary N) is 1. The van der Waals surface area contributed by atoms with Gasteiger partial charge in [-0.05, 0) is 44.2 Å². The summed E-state index contributed by atoms with van der Waals surface area (Å²) in [7, 11) is 0. The lowest BCUT2D eigenvalue weighted by Crippen LogP contribution is -2.31. The summed E-state index contributed by atoms with van der Waals surface area (Å²) in [6.45, 7) is 5.03. The van der Waals surface area contributed by atoms with Crippen LogP contribution in [-0.2, 0) is 6.54 Å². The SMILES string of the molecule is Cc1sc(C(=O)O)cc1CN[C@@H](C)C1CCCC1. The number of hydrogen-bond donors (Lipinski definition) is 2. The highest BCUT2D eigenvalue weighted by Gasteiger charge is 2.21. The summed E-state index contributed by atoms with van der Waals surface area (Å²) in [5.74, 6) is -0.0268. The molecule has 0 aliphatic heterocycles. The van der Waals surface area contributed by atoms with E-state index in [0.29, 0.717) is 10.9 Å². The van der Waals surface area contributed by atoms with Gasteiger partial charge in [0, 0.05) is 17.5 Å². The minimum Gasteiger partial charge on any atom is -0.477 e. The van der Waals surface area contributed by atoms with Crippen LogP contribution in [0.3, 0.4) is 0 Å². The number of carboxylic acid groups (broad SMARTS) is 1. The van der Waals surface area contributed by atoms with Gasteiger partial charge in [0.05, 0.1) is 0 Å². The third-order valence-corrected chi connectivity index (χ3v) is 5.03. The fourth-order valence-electron chi connectivity index (χ4n) is 2.70. The van der Waals surface area contributed by atoms with Crippen LogP contribution < -0.4 is 5.32 Å². The molecule has 100 valence electrons. The van der Waals surface area contributed by atoms with E-state index in [4.69, 9.17) is 5.11 Å². The lowest BCUT2D eigenvalue weighted by molar-refractivity contribution is 0.0702. The van der Waals surface area contributed by atoms with E-state index >= 15 is 0 Å². The van der Waals surface area contributed by atoms with Crippen molar-refractivity contribution < 1.29 is 9.90 Å². The van der Waals surface area contributed by atoms with Crippen LogP contribution in [-0.4, -0.2) is 17.1 Å². The van der Waals surface area contributed by atoms with Crippen molar-refractivity contribution in [1.29, 1.82) is 0 Å². The van der Waals surface area contributed by atoms with Crippen molar-refractivity contribution in [2.75, 3.05) is 0 Å². The summed E-state index contributed by atoms with van der Waals surface area (Å²) >= 11 is 1.37. The standard InChI is InChI=1S/C14H21NO2S/c1-9(11-5-3-4-6-11)15-8-12-7-13(14(16)17)18-10(12)2/h7,9,11,15H,3-6,8H2,1-2H3,(H,16,17)/t9-/m0/s1. The highest BCUT2D eigenvalue weighted by Crippen LogP contribution is 2.28. The van der Waals surface area contributed by atoms with Gasteiger partial charge in [0.25, 0.3) is 0 Å². The van der Waals surface area contributed by atoms with Gasteiger partial charge in [0.15, 0.2) is 0 Å². The number of thiophene rings is 1. The number of rotatable bonds is 5. The maximum Gasteiger partial charge on any atom is 0.345 e. The molecule has 0 aromatic carbocycles. The second-order valence-corrected chi connectivity index (χ2v) is 6.47. The Morgan fingerprint density at radius 1 is 1.56 bits per heavy atom. The first-order valence-electron chi connectivity index (χ1n) is 6.64. The molecule has 1 fully saturated rings. The summed E-state index contributed by atoms with van der Waals surface area (Å²) in [5, 5.41) is 12.5. The lowest BCUT2D eigenvalue weighted by Gasteiger charge is -2.20. The van der Waals surface area contributed by atoms with E-state index in [1.165, 1.54) is 37.0 Å². The van der Waals surface area contributed by atoms with Crippen LogP contribution in [0.5, 0.6) is 0 Å². The Bertz CT molecular complexity index is 421. The monoisotopic (exact) mass is 267 g/mol. The third kappa shape index (κ3) is 3.12. The first-order valence-corrected chi connectivity index (χ1v) is 7.45. The largest absolute Gasteiger partial charge is 0.477 e. The fourth-order valence-corrected chi connectivity index (χ4v) is 3.58. The quantitative estimate of drug-likeness (QED) is 0.859. The van der Waals surface area contributed by atoms with Crippen molar-refractivity contribution in [3.8, 4) is 0 Å². The van der Waals surface area contributed by atoms with Crippen molar-refractivity contribution in [3.05, 3.63) is 21.4 Å². The van der Waals surface area contributed by atoms with Crippen molar-refractivity contribution in [2.45, 2.75) is 52.1 Å². The van der Waals surface area contributed by atoms with E-state index in [1.807, 2.05) is 6.92 Å². The molecule has 1 heterocycles. The average Bonchev–Trinajstić information content (AvgIpc) is 2.95. The number of carbonyl (C=O) groups is 1. The first-order chi connectivity index (χ1) is 8.58. The average molecular weight is 267 g/mol. The van der Waals surface area contributed by atoms with Gasteiger partial charge >= 0.3 is 5.97 Å². The molecule has 0 radical (unpaired) electrons. The topological polar surface area (TPSA) is 49.3 Å². The number of aryl methyl sites for hydroxylation is 1. The van der Waals surface area contributed by atoms with Crippen LogP contribution in [0, 0.1) is 12.8 Å². The van der Waals surface area contributed by atoms with Gasteiger partial charge in [-0.25, -0.2) is 4.79 Å². The second-order valence-electron chi connectivity index (χ2n) is 5.21. The van der Waals surface area contributed by atoms with Gasteiger partial charge in [-0.3, -0.25) is 0 Å². The molecule has 1 saturated carbocycles. The van der Waals surface area contributed by atoms with Gasteiger partial charge in [0.1, 0.15) is 4.88 Å². The van der Waals surface area contributed by atoms with Crippen LogP contribution in [0.4, 0.5) is 0 Å². The van der Waals surface area contributed by atoms with Crippen LogP contribution in [0.15, 0.2) is 6.07 Å². The number of hydrogen-bond acceptors (Lipinski definition) is 3. The van der Waals surface area contributed by atoms with Crippen molar-refractivity contribution in [2.24, 2.45) is 5.92 Å². The summed E-state index contributed by atoms with van der Waals surface area (Å²) in [5.41, 5.74) is 1.13. The number of aromatic carboxylic acids is 1. The Hall–Kier alpha value is -0.870. The predicted octanol–water partition coefficient (Wildman–Crippen LogP) is 3.42. The van der Waals surface area contributed by atoms with E-state index in [2.05, 4.69) is 12.2 Å². The molecule has 3 nitrogen and oxygen atoms in total. The zero-order chi connectivity index (χ0) is 13.1. The van der Waals surface area contributed by atoms with Gasteiger partial charge in [-0.1, -0.05) is 12.8 Å². The second kappa shape index (κ2) is 5.85. The van der Waals surface area contributed by atoms with Crippen molar-refractivity contribution in [1.82, 2.24) is 5.32 Å². The molecular weight excluding hydrogens is 246 g/mol. The van der Waals surface area contributed by atoms with Crippen molar-refractivity contribution in [3.63, 3.8) is 0 Å². The van der Waals surface area contributed by atoms with E-state index in [-0.39, 0.29) is 0 Å². The minimum absolute atomic E-state index is 0.442. The smallest absolute Gasteiger partial charge is 0.345 e. The molecular formula is C14H21NO2S. The zero-order valence-electron chi connectivity index (χ0n) is 11.0. The molecule has 2 N–H and O–H groups in total. The Kier molecular flexibility index (Phi) is 4.40. The van der Waals surface area contributed by atoms with Crippen LogP contribution in [0.1, 0.15) is 52.7 Å². The predicted molar refractivity (Wildman–Crippen MR) is 74.3 cm³/mol. The number of carboxylic acids is 1. The molecule has 0 spiro atoms. The minimum atomic E-state index is -0.821. The highest BCUT2D eigenvalue weighted by atomic mass is 32.1. The molecule has 0 unspecified atom stereocenters. The Balaban J connectivity index is 1.91. The van der Waals surface area contributed by atoms with Crippen LogP contribution in [0.25, 0.3) is 0 Å². The van der Waals surface area contributed by atoms with Gasteiger partial charge in [0.2, 0.25) is 0 Å². The van der Waals surface area contributed by atoms with Gasteiger partial charge < -0.3 is 10.4 Å². The van der Waals surface area contributed by atoms with E-state index in [1.54, 1.807) is 6.07 Å². The molecule has 1 atom stereocenters. The normalized spacial score (nSPS) is 18.1. The molecule has 1 aliphatic carbocycles. The van der Waals surface area contributed by atoms with Crippen LogP contribution >= 0.6 is 11.3 Å². The third-order valence-electron chi connectivity index (χ3n) is 3.95. The van der Waals surface area contributed by atoms with Gasteiger partial charge in [-0.15, -0.1) is 11.3 Å². The summed E-state index contributed by atoms with van der Waals surface area (Å²) < 4.78 is 0. The maximum absolute atomic E-state index is 10.9.